The lowest BCUT2D eigenvalue weighted by Gasteiger charge is -2.26. The van der Waals surface area contributed by atoms with E-state index in [9.17, 15) is 4.39 Å². The lowest BCUT2D eigenvalue weighted by molar-refractivity contribution is 0.581. The second-order valence-electron chi connectivity index (χ2n) is 4.78. The van der Waals surface area contributed by atoms with Gasteiger partial charge in [0.1, 0.15) is 5.82 Å². The lowest BCUT2D eigenvalue weighted by atomic mass is 10.1. The fourth-order valence-electron chi connectivity index (χ4n) is 2.39. The van der Waals surface area contributed by atoms with Crippen molar-refractivity contribution in [2.45, 2.75) is 6.92 Å². The number of nitrogens with zero attached hydrogens (tertiary/aromatic N) is 2. The molecule has 5 heteroatoms. The number of imidazole rings is 1. The van der Waals surface area contributed by atoms with Crippen LogP contribution in [0.3, 0.4) is 0 Å². The molecule has 0 unspecified atom stereocenters. The molecule has 0 bridgehead atoms. The molecule has 1 fully saturated rings. The largest absolute Gasteiger partial charge is 0.340 e. The van der Waals surface area contributed by atoms with Gasteiger partial charge in [0.15, 0.2) is 0 Å². The zero-order chi connectivity index (χ0) is 13.2. The van der Waals surface area contributed by atoms with E-state index in [1.54, 1.807) is 6.07 Å². The Morgan fingerprint density at radius 3 is 2.79 bits per heavy atom. The van der Waals surface area contributed by atoms with Crippen molar-refractivity contribution in [3.05, 3.63) is 35.8 Å². The summed E-state index contributed by atoms with van der Waals surface area (Å²) in [6.07, 6.45) is 0. The zero-order valence-electron chi connectivity index (χ0n) is 10.9. The molecule has 4 nitrogen and oxygen atoms in total. The Bertz CT molecular complexity index is 573. The van der Waals surface area contributed by atoms with Crippen LogP contribution in [0.25, 0.3) is 11.3 Å². The maximum Gasteiger partial charge on any atom is 0.203 e. The summed E-state index contributed by atoms with van der Waals surface area (Å²) in [5.74, 6) is 0.641. The van der Waals surface area contributed by atoms with E-state index in [1.807, 2.05) is 13.0 Å². The molecule has 19 heavy (non-hydrogen) atoms. The molecule has 0 saturated carbocycles. The van der Waals surface area contributed by atoms with Crippen molar-refractivity contribution in [1.29, 1.82) is 0 Å². The second kappa shape index (κ2) is 5.01. The van der Waals surface area contributed by atoms with Gasteiger partial charge in [-0.1, -0.05) is 12.1 Å². The minimum atomic E-state index is -0.233. The summed E-state index contributed by atoms with van der Waals surface area (Å²) in [7, 11) is 0. The van der Waals surface area contributed by atoms with Gasteiger partial charge in [0, 0.05) is 37.4 Å². The van der Waals surface area contributed by atoms with Gasteiger partial charge in [-0.15, -0.1) is 0 Å². The molecule has 0 spiro atoms. The number of piperazine rings is 1. The molecular formula is C14H17FN4. The minimum absolute atomic E-state index is 0.233. The number of aryl methyl sites for hydroxylation is 1. The molecule has 0 aliphatic carbocycles. The Balaban J connectivity index is 1.92. The van der Waals surface area contributed by atoms with Crippen LogP contribution in [-0.2, 0) is 0 Å². The molecule has 1 aromatic carbocycles. The SMILES string of the molecule is Cc1[nH]c(N2CCNCC2)nc1-c1cccc(F)c1. The highest BCUT2D eigenvalue weighted by atomic mass is 19.1. The summed E-state index contributed by atoms with van der Waals surface area (Å²) in [4.78, 5) is 10.1. The molecule has 0 radical (unpaired) electrons. The van der Waals surface area contributed by atoms with Gasteiger partial charge in [0.2, 0.25) is 5.95 Å². The maximum absolute atomic E-state index is 13.3. The van der Waals surface area contributed by atoms with E-state index in [4.69, 9.17) is 0 Å². The van der Waals surface area contributed by atoms with Crippen LogP contribution < -0.4 is 10.2 Å². The number of nitrogens with one attached hydrogen (secondary N) is 2. The molecule has 0 atom stereocenters. The summed E-state index contributed by atoms with van der Waals surface area (Å²) >= 11 is 0. The Morgan fingerprint density at radius 1 is 1.26 bits per heavy atom. The summed E-state index contributed by atoms with van der Waals surface area (Å²) in [6, 6.07) is 6.56. The average molecular weight is 260 g/mol. The monoisotopic (exact) mass is 260 g/mol. The van der Waals surface area contributed by atoms with E-state index in [2.05, 4.69) is 20.2 Å². The van der Waals surface area contributed by atoms with Gasteiger partial charge in [0.25, 0.3) is 0 Å². The fourth-order valence-corrected chi connectivity index (χ4v) is 2.39. The molecule has 100 valence electrons. The smallest absolute Gasteiger partial charge is 0.203 e. The number of hydrogen-bond donors (Lipinski definition) is 2. The highest BCUT2D eigenvalue weighted by Gasteiger charge is 2.16. The van der Waals surface area contributed by atoms with E-state index in [1.165, 1.54) is 12.1 Å². The van der Waals surface area contributed by atoms with Gasteiger partial charge in [-0.3, -0.25) is 0 Å². The first-order valence-corrected chi connectivity index (χ1v) is 6.52. The highest BCUT2D eigenvalue weighted by molar-refractivity contribution is 5.64. The molecule has 1 aromatic heterocycles. The number of hydrogen-bond acceptors (Lipinski definition) is 3. The van der Waals surface area contributed by atoms with Gasteiger partial charge in [-0.05, 0) is 19.1 Å². The highest BCUT2D eigenvalue weighted by Crippen LogP contribution is 2.24. The number of H-pyrrole nitrogens is 1. The molecule has 0 amide bonds. The Labute approximate surface area is 111 Å². The van der Waals surface area contributed by atoms with Crippen molar-refractivity contribution in [2.75, 3.05) is 31.1 Å². The summed E-state index contributed by atoms with van der Waals surface area (Å²) in [5, 5.41) is 3.31. The van der Waals surface area contributed by atoms with Crippen LogP contribution >= 0.6 is 0 Å². The van der Waals surface area contributed by atoms with Gasteiger partial charge in [-0.25, -0.2) is 9.37 Å². The molecule has 1 saturated heterocycles. The third kappa shape index (κ3) is 2.46. The van der Waals surface area contributed by atoms with E-state index in [-0.39, 0.29) is 5.82 Å². The van der Waals surface area contributed by atoms with Crippen LogP contribution in [0.1, 0.15) is 5.69 Å². The van der Waals surface area contributed by atoms with Crippen LogP contribution in [0.5, 0.6) is 0 Å². The van der Waals surface area contributed by atoms with E-state index in [0.29, 0.717) is 0 Å². The predicted octanol–water partition coefficient (Wildman–Crippen LogP) is 1.93. The number of halogens is 1. The minimum Gasteiger partial charge on any atom is -0.340 e. The van der Waals surface area contributed by atoms with Crippen LogP contribution in [0.2, 0.25) is 0 Å². The van der Waals surface area contributed by atoms with Crippen molar-refractivity contribution < 1.29 is 4.39 Å². The fraction of sp³-hybridized carbons (Fsp3) is 0.357. The van der Waals surface area contributed by atoms with Crippen LogP contribution in [-0.4, -0.2) is 36.1 Å². The van der Waals surface area contributed by atoms with E-state index >= 15 is 0 Å². The summed E-state index contributed by atoms with van der Waals surface area (Å²) in [5.41, 5.74) is 2.61. The van der Waals surface area contributed by atoms with Gasteiger partial charge in [0.05, 0.1) is 5.69 Å². The van der Waals surface area contributed by atoms with Crippen molar-refractivity contribution in [3.63, 3.8) is 0 Å². The Hall–Kier alpha value is -1.88. The number of aromatic amines is 1. The molecule has 2 N–H and O–H groups in total. The zero-order valence-corrected chi connectivity index (χ0v) is 10.9. The number of benzene rings is 1. The molecule has 3 rings (SSSR count). The normalized spacial score (nSPS) is 15.8. The Morgan fingerprint density at radius 2 is 2.05 bits per heavy atom. The van der Waals surface area contributed by atoms with Gasteiger partial charge >= 0.3 is 0 Å². The molecule has 1 aliphatic rings. The Kier molecular flexibility index (Phi) is 3.21. The van der Waals surface area contributed by atoms with Crippen LogP contribution in [0, 0.1) is 12.7 Å². The number of anilines is 1. The van der Waals surface area contributed by atoms with Crippen molar-refractivity contribution >= 4 is 5.95 Å². The lowest BCUT2D eigenvalue weighted by Crippen LogP contribution is -2.44. The average Bonchev–Trinajstić information content (AvgIpc) is 2.82. The number of rotatable bonds is 2. The van der Waals surface area contributed by atoms with E-state index < -0.39 is 0 Å². The first-order valence-electron chi connectivity index (χ1n) is 6.52. The third-order valence-electron chi connectivity index (χ3n) is 3.39. The molecular weight excluding hydrogens is 243 g/mol. The van der Waals surface area contributed by atoms with Crippen molar-refractivity contribution in [2.24, 2.45) is 0 Å². The van der Waals surface area contributed by atoms with Crippen LogP contribution in [0.4, 0.5) is 10.3 Å². The summed E-state index contributed by atoms with van der Waals surface area (Å²) < 4.78 is 13.3. The summed E-state index contributed by atoms with van der Waals surface area (Å²) in [6.45, 7) is 5.79. The maximum atomic E-state index is 13.3. The molecule has 1 aliphatic heterocycles. The van der Waals surface area contributed by atoms with Crippen molar-refractivity contribution in [1.82, 2.24) is 15.3 Å². The third-order valence-corrected chi connectivity index (χ3v) is 3.39. The number of aromatic nitrogens is 2. The molecule has 2 aromatic rings. The van der Waals surface area contributed by atoms with Crippen LogP contribution in [0.15, 0.2) is 24.3 Å². The first-order chi connectivity index (χ1) is 9.24. The quantitative estimate of drug-likeness (QED) is 0.867. The predicted molar refractivity (Wildman–Crippen MR) is 73.8 cm³/mol. The standard InChI is InChI=1S/C14H17FN4/c1-10-13(11-3-2-4-12(15)9-11)18-14(17-10)19-7-5-16-6-8-19/h2-4,9,16H,5-8H2,1H3,(H,17,18). The van der Waals surface area contributed by atoms with Crippen molar-refractivity contribution in [3.8, 4) is 11.3 Å². The first kappa shape index (κ1) is 12.2. The van der Waals surface area contributed by atoms with E-state index in [0.717, 1.165) is 49.1 Å². The second-order valence-corrected chi connectivity index (χ2v) is 4.78. The van der Waals surface area contributed by atoms with Gasteiger partial charge < -0.3 is 15.2 Å². The van der Waals surface area contributed by atoms with Gasteiger partial charge in [-0.2, -0.15) is 0 Å². The molecule has 2 heterocycles. The topological polar surface area (TPSA) is 44.0 Å².